The van der Waals surface area contributed by atoms with Crippen molar-refractivity contribution in [1.29, 1.82) is 0 Å². The van der Waals surface area contributed by atoms with Crippen molar-refractivity contribution in [3.8, 4) is 0 Å². The molecule has 0 saturated heterocycles. The molecular weight excluding hydrogens is 362 g/mol. The number of aliphatic hydroxyl groups is 1. The van der Waals surface area contributed by atoms with E-state index in [2.05, 4.69) is 43.4 Å². The van der Waals surface area contributed by atoms with Crippen LogP contribution in [0.3, 0.4) is 0 Å². The van der Waals surface area contributed by atoms with Crippen LogP contribution in [0.4, 0.5) is 0 Å². The Bertz CT molecular complexity index is 685. The molecule has 0 spiro atoms. The lowest BCUT2D eigenvalue weighted by Crippen LogP contribution is -2.61. The minimum atomic E-state index is -0.716. The molecule has 2 bridgehead atoms. The summed E-state index contributed by atoms with van der Waals surface area (Å²) in [7, 11) is 0. The number of carbonyl (C=O) groups is 1. The summed E-state index contributed by atoms with van der Waals surface area (Å²) in [5, 5.41) is 22.9. The lowest BCUT2D eigenvalue weighted by atomic mass is 9.44. The molecule has 29 heavy (non-hydrogen) atoms. The standard InChI is InChI=1S/C25H37NO3/c1-25(2)19-15-22(25)21(12-8-3-4-9-13-24(28)29)23(16-19)26-17-20(27)14-18-10-6-5-7-11-18/h3,5-8,10-11,19-23,26-27H,4,9,12-17H2,1-2H3,(H,28,29)/b8-3+/t19?,20?,21?,22-,23?/m1/s1. The van der Waals surface area contributed by atoms with E-state index in [4.69, 9.17) is 5.11 Å². The third kappa shape index (κ3) is 5.70. The summed E-state index contributed by atoms with van der Waals surface area (Å²) in [4.78, 5) is 10.6. The molecule has 0 aromatic heterocycles. The molecule has 3 aliphatic rings. The summed E-state index contributed by atoms with van der Waals surface area (Å²) in [5.74, 6) is 1.39. The van der Waals surface area contributed by atoms with E-state index >= 15 is 0 Å². The van der Waals surface area contributed by atoms with Crippen molar-refractivity contribution in [2.24, 2.45) is 23.2 Å². The van der Waals surface area contributed by atoms with Crippen LogP contribution in [0.15, 0.2) is 42.5 Å². The van der Waals surface area contributed by atoms with Gasteiger partial charge in [0.25, 0.3) is 0 Å². The van der Waals surface area contributed by atoms with E-state index < -0.39 is 5.97 Å². The van der Waals surface area contributed by atoms with Crippen molar-refractivity contribution in [3.05, 3.63) is 48.0 Å². The highest BCUT2D eigenvalue weighted by atomic mass is 16.4. The highest BCUT2D eigenvalue weighted by molar-refractivity contribution is 5.66. The van der Waals surface area contributed by atoms with Gasteiger partial charge in [-0.05, 0) is 67.3 Å². The number of unbranched alkanes of at least 4 members (excludes halogenated alkanes) is 1. The third-order valence-electron chi connectivity index (χ3n) is 7.38. The van der Waals surface area contributed by atoms with Crippen LogP contribution in [0.2, 0.25) is 0 Å². The van der Waals surface area contributed by atoms with Crippen LogP contribution in [-0.4, -0.2) is 34.9 Å². The van der Waals surface area contributed by atoms with Crippen molar-refractivity contribution in [3.63, 3.8) is 0 Å². The van der Waals surface area contributed by atoms with E-state index in [1.165, 1.54) is 18.4 Å². The number of carboxylic acids is 1. The van der Waals surface area contributed by atoms with E-state index in [0.29, 0.717) is 36.8 Å². The minimum absolute atomic E-state index is 0.245. The molecule has 4 rings (SSSR count). The first-order chi connectivity index (χ1) is 13.9. The second-order valence-corrected chi connectivity index (χ2v) is 9.61. The Balaban J connectivity index is 1.50. The summed E-state index contributed by atoms with van der Waals surface area (Å²) < 4.78 is 0. The first-order valence-electron chi connectivity index (χ1n) is 11.2. The Hall–Kier alpha value is -1.65. The topological polar surface area (TPSA) is 69.6 Å². The van der Waals surface area contributed by atoms with Crippen molar-refractivity contribution < 1.29 is 15.0 Å². The quantitative estimate of drug-likeness (QED) is 0.380. The van der Waals surface area contributed by atoms with Gasteiger partial charge in [-0.25, -0.2) is 0 Å². The lowest BCUT2D eigenvalue weighted by molar-refractivity contribution is -0.137. The average Bonchev–Trinajstić information content (AvgIpc) is 2.69. The Labute approximate surface area is 175 Å². The van der Waals surface area contributed by atoms with Gasteiger partial charge >= 0.3 is 5.97 Å². The molecule has 0 aliphatic heterocycles. The third-order valence-corrected chi connectivity index (χ3v) is 7.38. The van der Waals surface area contributed by atoms with Crippen LogP contribution in [0, 0.1) is 23.2 Å². The van der Waals surface area contributed by atoms with Crippen LogP contribution >= 0.6 is 0 Å². The average molecular weight is 400 g/mol. The molecule has 160 valence electrons. The molecule has 0 heterocycles. The van der Waals surface area contributed by atoms with Gasteiger partial charge in [0, 0.05) is 19.0 Å². The highest BCUT2D eigenvalue weighted by Gasteiger charge is 2.56. The molecule has 3 saturated carbocycles. The predicted octanol–water partition coefficient (Wildman–Crippen LogP) is 4.43. The number of hydrogen-bond acceptors (Lipinski definition) is 3. The Morgan fingerprint density at radius 2 is 2.00 bits per heavy atom. The summed E-state index contributed by atoms with van der Waals surface area (Å²) in [6.45, 7) is 5.46. The second-order valence-electron chi connectivity index (χ2n) is 9.61. The van der Waals surface area contributed by atoms with Crippen molar-refractivity contribution in [2.75, 3.05) is 6.54 Å². The molecule has 3 N–H and O–H groups in total. The van der Waals surface area contributed by atoms with Gasteiger partial charge in [-0.2, -0.15) is 0 Å². The number of allylic oxidation sites excluding steroid dienone is 2. The van der Waals surface area contributed by atoms with Crippen LogP contribution in [-0.2, 0) is 11.2 Å². The second kappa shape index (κ2) is 9.90. The van der Waals surface area contributed by atoms with Gasteiger partial charge in [-0.1, -0.05) is 56.3 Å². The van der Waals surface area contributed by atoms with Gasteiger partial charge < -0.3 is 15.5 Å². The molecule has 4 heteroatoms. The molecule has 1 aromatic rings. The molecule has 4 unspecified atom stereocenters. The summed E-state index contributed by atoms with van der Waals surface area (Å²) in [6.07, 6.45) is 10.1. The maximum absolute atomic E-state index is 10.6. The predicted molar refractivity (Wildman–Crippen MR) is 117 cm³/mol. The van der Waals surface area contributed by atoms with Crippen LogP contribution in [0.25, 0.3) is 0 Å². The fourth-order valence-corrected chi connectivity index (χ4v) is 5.50. The number of hydrogen-bond donors (Lipinski definition) is 3. The fourth-order valence-electron chi connectivity index (χ4n) is 5.50. The van der Waals surface area contributed by atoms with E-state index in [-0.39, 0.29) is 12.5 Å². The van der Waals surface area contributed by atoms with E-state index in [0.717, 1.165) is 24.7 Å². The van der Waals surface area contributed by atoms with E-state index in [9.17, 15) is 9.90 Å². The number of benzene rings is 1. The van der Waals surface area contributed by atoms with Crippen molar-refractivity contribution >= 4 is 5.97 Å². The minimum Gasteiger partial charge on any atom is -0.481 e. The van der Waals surface area contributed by atoms with Crippen LogP contribution in [0.1, 0.15) is 57.9 Å². The Morgan fingerprint density at radius 1 is 1.24 bits per heavy atom. The van der Waals surface area contributed by atoms with Gasteiger partial charge in [0.2, 0.25) is 0 Å². The van der Waals surface area contributed by atoms with Gasteiger partial charge in [0.15, 0.2) is 0 Å². The largest absolute Gasteiger partial charge is 0.481 e. The number of rotatable bonds is 11. The maximum Gasteiger partial charge on any atom is 0.303 e. The van der Waals surface area contributed by atoms with Gasteiger partial charge in [0.1, 0.15) is 0 Å². The normalized spacial score (nSPS) is 28.8. The zero-order valence-electron chi connectivity index (χ0n) is 17.9. The Kier molecular flexibility index (Phi) is 7.53. The zero-order chi connectivity index (χ0) is 20.9. The Morgan fingerprint density at radius 3 is 2.69 bits per heavy atom. The lowest BCUT2D eigenvalue weighted by Gasteiger charge is -2.63. The molecular formula is C25H37NO3. The number of aliphatic carboxylic acids is 1. The number of carboxylic acid groups (broad SMARTS) is 1. The number of aliphatic hydroxyl groups excluding tert-OH is 1. The van der Waals surface area contributed by atoms with Gasteiger partial charge in [-0.15, -0.1) is 0 Å². The molecule has 4 nitrogen and oxygen atoms in total. The summed E-state index contributed by atoms with van der Waals surface area (Å²) in [5.41, 5.74) is 1.60. The van der Waals surface area contributed by atoms with Crippen LogP contribution in [0.5, 0.6) is 0 Å². The molecule has 5 atom stereocenters. The summed E-state index contributed by atoms with van der Waals surface area (Å²) >= 11 is 0. The number of fused-ring (bicyclic) bond motifs is 2. The maximum atomic E-state index is 10.6. The number of nitrogens with one attached hydrogen (secondary N) is 1. The smallest absolute Gasteiger partial charge is 0.303 e. The van der Waals surface area contributed by atoms with Crippen molar-refractivity contribution in [1.82, 2.24) is 5.32 Å². The highest BCUT2D eigenvalue weighted by Crippen LogP contribution is 2.62. The molecule has 3 fully saturated rings. The zero-order valence-corrected chi connectivity index (χ0v) is 17.9. The fraction of sp³-hybridized carbons (Fsp3) is 0.640. The van der Waals surface area contributed by atoms with E-state index in [1.807, 2.05) is 18.2 Å². The first kappa shape index (κ1) is 22.0. The van der Waals surface area contributed by atoms with Gasteiger partial charge in [0.05, 0.1) is 6.10 Å². The monoisotopic (exact) mass is 399 g/mol. The van der Waals surface area contributed by atoms with Crippen molar-refractivity contribution in [2.45, 2.75) is 70.9 Å². The van der Waals surface area contributed by atoms with E-state index in [1.54, 1.807) is 0 Å². The first-order valence-corrected chi connectivity index (χ1v) is 11.2. The summed E-state index contributed by atoms with van der Waals surface area (Å²) in [6, 6.07) is 10.6. The molecule has 1 aromatic carbocycles. The molecule has 0 amide bonds. The van der Waals surface area contributed by atoms with Crippen LogP contribution < -0.4 is 5.32 Å². The molecule has 3 aliphatic carbocycles. The molecule has 0 radical (unpaired) electrons. The SMILES string of the molecule is CC1(C)C2CC(NCC(O)Cc3ccccc3)C(C/C=C/CCCC(=O)O)[C@H]1C2. The van der Waals surface area contributed by atoms with Gasteiger partial charge in [-0.3, -0.25) is 4.79 Å².